The van der Waals surface area contributed by atoms with Crippen LogP contribution in [0.1, 0.15) is 23.5 Å². The normalized spacial score (nSPS) is 18.4. The summed E-state index contributed by atoms with van der Waals surface area (Å²) in [5, 5.41) is 13.2. The highest BCUT2D eigenvalue weighted by molar-refractivity contribution is 5.77. The van der Waals surface area contributed by atoms with Gasteiger partial charge in [-0.1, -0.05) is 18.2 Å². The van der Waals surface area contributed by atoms with E-state index in [1.54, 1.807) is 30.5 Å². The van der Waals surface area contributed by atoms with Crippen molar-refractivity contribution in [2.75, 3.05) is 6.61 Å². The molecule has 3 aromatic rings. The van der Waals surface area contributed by atoms with Gasteiger partial charge in [-0.05, 0) is 42.2 Å². The first-order valence-electron chi connectivity index (χ1n) is 8.38. The van der Waals surface area contributed by atoms with Gasteiger partial charge in [-0.15, -0.1) is 5.10 Å². The second-order valence-corrected chi connectivity index (χ2v) is 6.29. The second kappa shape index (κ2) is 6.48. The monoisotopic (exact) mass is 348 g/mol. The molecule has 2 aromatic heterocycles. The van der Waals surface area contributed by atoms with Crippen LogP contribution in [-0.4, -0.2) is 26.8 Å². The molecule has 0 saturated heterocycles. The maximum absolute atomic E-state index is 12.2. The van der Waals surface area contributed by atoms with E-state index in [1.165, 1.54) is 9.08 Å². The van der Waals surface area contributed by atoms with Crippen LogP contribution in [0.15, 0.2) is 53.5 Å². The molecule has 0 spiro atoms. The van der Waals surface area contributed by atoms with Crippen molar-refractivity contribution in [3.05, 3.63) is 70.3 Å². The molecule has 1 aliphatic rings. The minimum absolute atomic E-state index is 0.101. The van der Waals surface area contributed by atoms with Gasteiger partial charge in [0.1, 0.15) is 6.61 Å². The zero-order valence-electron chi connectivity index (χ0n) is 13.9. The molecule has 1 aromatic carbocycles. The lowest BCUT2D eigenvalue weighted by molar-refractivity contribution is -0.145. The molecular weight excluding hydrogens is 332 g/mol. The van der Waals surface area contributed by atoms with Crippen LogP contribution in [0.25, 0.3) is 5.65 Å². The lowest BCUT2D eigenvalue weighted by atomic mass is 10.1. The average molecular weight is 348 g/mol. The third-order valence-electron chi connectivity index (χ3n) is 4.57. The highest BCUT2D eigenvalue weighted by Crippen LogP contribution is 2.48. The van der Waals surface area contributed by atoms with Crippen LogP contribution in [0.2, 0.25) is 0 Å². The van der Waals surface area contributed by atoms with Crippen molar-refractivity contribution >= 4 is 11.6 Å². The van der Waals surface area contributed by atoms with Crippen molar-refractivity contribution in [2.45, 2.75) is 18.9 Å². The molecule has 130 valence electrons. The number of rotatable bonds is 5. The van der Waals surface area contributed by atoms with E-state index in [2.05, 4.69) is 11.2 Å². The largest absolute Gasteiger partial charge is 0.463 e. The predicted octanol–water partition coefficient (Wildman–Crippen LogP) is 1.71. The van der Waals surface area contributed by atoms with E-state index in [9.17, 15) is 9.59 Å². The summed E-state index contributed by atoms with van der Waals surface area (Å²) in [6.07, 6.45) is 2.37. The lowest BCUT2D eigenvalue weighted by Crippen LogP contribution is -2.24. The van der Waals surface area contributed by atoms with Crippen molar-refractivity contribution in [3.8, 4) is 6.07 Å². The number of pyridine rings is 1. The van der Waals surface area contributed by atoms with Gasteiger partial charge >= 0.3 is 11.7 Å². The van der Waals surface area contributed by atoms with Crippen LogP contribution in [-0.2, 0) is 16.1 Å². The van der Waals surface area contributed by atoms with Gasteiger partial charge in [0, 0.05) is 6.20 Å². The third kappa shape index (κ3) is 2.97. The zero-order valence-corrected chi connectivity index (χ0v) is 13.9. The molecule has 2 heterocycles. The maximum atomic E-state index is 12.2. The first-order valence-corrected chi connectivity index (χ1v) is 8.38. The number of hydrogen-bond acceptors (Lipinski definition) is 5. The van der Waals surface area contributed by atoms with Crippen LogP contribution in [0, 0.1) is 17.2 Å². The van der Waals surface area contributed by atoms with Gasteiger partial charge in [-0.3, -0.25) is 9.20 Å². The molecule has 0 N–H and O–H groups in total. The molecule has 0 aliphatic heterocycles. The highest BCUT2D eigenvalue weighted by atomic mass is 16.5. The van der Waals surface area contributed by atoms with E-state index in [0.717, 1.165) is 12.0 Å². The molecule has 7 heteroatoms. The van der Waals surface area contributed by atoms with Crippen LogP contribution >= 0.6 is 0 Å². The zero-order chi connectivity index (χ0) is 18.1. The van der Waals surface area contributed by atoms with Crippen LogP contribution in [0.3, 0.4) is 0 Å². The molecule has 1 aliphatic carbocycles. The number of nitriles is 1. The Labute approximate surface area is 149 Å². The lowest BCUT2D eigenvalue weighted by Gasteiger charge is -2.04. The van der Waals surface area contributed by atoms with Crippen molar-refractivity contribution in [3.63, 3.8) is 0 Å². The summed E-state index contributed by atoms with van der Waals surface area (Å²) in [5.41, 5.74) is 1.88. The van der Waals surface area contributed by atoms with Gasteiger partial charge in [0.2, 0.25) is 0 Å². The average Bonchev–Trinajstić information content (AvgIpc) is 3.42. The summed E-state index contributed by atoms with van der Waals surface area (Å²) in [6, 6.07) is 14.7. The third-order valence-corrected chi connectivity index (χ3v) is 4.57. The number of nitrogens with zero attached hydrogens (tertiary/aromatic N) is 4. The summed E-state index contributed by atoms with van der Waals surface area (Å²) < 4.78 is 8.06. The van der Waals surface area contributed by atoms with Gasteiger partial charge < -0.3 is 4.74 Å². The fourth-order valence-corrected chi connectivity index (χ4v) is 3.12. The number of hydrogen-bond donors (Lipinski definition) is 0. The Bertz CT molecular complexity index is 1080. The highest BCUT2D eigenvalue weighted by Gasteiger charge is 2.45. The Morgan fingerprint density at radius 1 is 1.31 bits per heavy atom. The molecule has 0 unspecified atom stereocenters. The Balaban J connectivity index is 1.34. The van der Waals surface area contributed by atoms with Gasteiger partial charge in [-0.25, -0.2) is 9.48 Å². The first kappa shape index (κ1) is 16.1. The van der Waals surface area contributed by atoms with Crippen LogP contribution in [0.5, 0.6) is 0 Å². The fraction of sp³-hybridized carbons (Fsp3) is 0.263. The first-order chi connectivity index (χ1) is 12.7. The number of carbonyl (C=O) groups excluding carboxylic acids is 1. The van der Waals surface area contributed by atoms with E-state index < -0.39 is 0 Å². The predicted molar refractivity (Wildman–Crippen MR) is 92.4 cm³/mol. The van der Waals surface area contributed by atoms with Crippen molar-refractivity contribution in [2.24, 2.45) is 5.92 Å². The topological polar surface area (TPSA) is 89.4 Å². The van der Waals surface area contributed by atoms with E-state index in [4.69, 9.17) is 10.00 Å². The number of carbonyl (C=O) groups is 1. The van der Waals surface area contributed by atoms with Gasteiger partial charge in [0.05, 0.1) is 24.1 Å². The number of aromatic nitrogens is 3. The molecule has 0 bridgehead atoms. The number of fused-ring (bicyclic) bond motifs is 1. The number of benzene rings is 1. The van der Waals surface area contributed by atoms with Crippen molar-refractivity contribution in [1.82, 2.24) is 14.2 Å². The standard InChI is InChI=1S/C19H16N4O3/c20-12-13-4-3-5-14(10-13)15-11-16(15)18(24)26-9-8-23-19(25)22-7-2-1-6-17(22)21-23/h1-7,10,15-16H,8-9,11H2/t15-,16+/m1/s1. The molecule has 4 rings (SSSR count). The molecular formula is C19H16N4O3. The van der Waals surface area contributed by atoms with Gasteiger partial charge in [-0.2, -0.15) is 5.26 Å². The molecule has 1 fully saturated rings. The minimum atomic E-state index is -0.269. The van der Waals surface area contributed by atoms with E-state index >= 15 is 0 Å². The van der Waals surface area contributed by atoms with E-state index in [-0.39, 0.29) is 36.6 Å². The SMILES string of the molecule is N#Cc1cccc([C@H]2C[C@@H]2C(=O)OCCn2nc3ccccn3c2=O)c1. The van der Waals surface area contributed by atoms with Crippen molar-refractivity contribution < 1.29 is 9.53 Å². The summed E-state index contributed by atoms with van der Waals surface area (Å²) in [7, 11) is 0. The Kier molecular flexibility index (Phi) is 4.01. The second-order valence-electron chi connectivity index (χ2n) is 6.29. The maximum Gasteiger partial charge on any atom is 0.350 e. The smallest absolute Gasteiger partial charge is 0.350 e. The molecule has 2 atom stereocenters. The van der Waals surface area contributed by atoms with Gasteiger partial charge in [0.15, 0.2) is 5.65 Å². The Hall–Kier alpha value is -3.40. The quantitative estimate of drug-likeness (QED) is 0.655. The molecule has 0 radical (unpaired) electrons. The summed E-state index contributed by atoms with van der Waals surface area (Å²) in [6.45, 7) is 0.317. The number of ether oxygens (including phenoxy) is 1. The molecule has 26 heavy (non-hydrogen) atoms. The summed E-state index contributed by atoms with van der Waals surface area (Å²) in [4.78, 5) is 24.3. The number of esters is 1. The van der Waals surface area contributed by atoms with Gasteiger partial charge in [0.25, 0.3) is 0 Å². The van der Waals surface area contributed by atoms with Crippen LogP contribution in [0.4, 0.5) is 0 Å². The summed E-state index contributed by atoms with van der Waals surface area (Å²) >= 11 is 0. The summed E-state index contributed by atoms with van der Waals surface area (Å²) in [5.74, 6) is -0.343. The fourth-order valence-electron chi connectivity index (χ4n) is 3.12. The molecule has 1 saturated carbocycles. The Morgan fingerprint density at radius 3 is 3.00 bits per heavy atom. The van der Waals surface area contributed by atoms with E-state index in [1.807, 2.05) is 18.2 Å². The Morgan fingerprint density at radius 2 is 2.19 bits per heavy atom. The minimum Gasteiger partial charge on any atom is -0.463 e. The van der Waals surface area contributed by atoms with Crippen LogP contribution < -0.4 is 5.69 Å². The van der Waals surface area contributed by atoms with Crippen molar-refractivity contribution in [1.29, 1.82) is 5.26 Å². The van der Waals surface area contributed by atoms with E-state index in [0.29, 0.717) is 11.2 Å². The molecule has 7 nitrogen and oxygen atoms in total. The molecule has 0 amide bonds.